The minimum absolute atomic E-state index is 0.0225. The lowest BCUT2D eigenvalue weighted by atomic mass is 10.2. The minimum Gasteiger partial charge on any atom is -0.490 e. The minimum atomic E-state index is -4.56. The maximum atomic E-state index is 13.0. The van der Waals surface area contributed by atoms with Gasteiger partial charge in [0, 0.05) is 11.8 Å². The predicted molar refractivity (Wildman–Crippen MR) is 107 cm³/mol. The van der Waals surface area contributed by atoms with Crippen LogP contribution < -0.4 is 10.2 Å². The number of hydrogen-bond donors (Lipinski definition) is 0. The molecule has 0 aliphatic carbocycles. The number of nitrogens with zero attached hydrogens (tertiary/aromatic N) is 3. The largest absolute Gasteiger partial charge is 0.490 e. The molecule has 0 unspecified atom stereocenters. The van der Waals surface area contributed by atoms with Crippen LogP contribution in [0.15, 0.2) is 59.4 Å². The Labute approximate surface area is 180 Å². The van der Waals surface area contributed by atoms with Gasteiger partial charge in [0.25, 0.3) is 0 Å². The van der Waals surface area contributed by atoms with Gasteiger partial charge in [-0.25, -0.2) is 9.48 Å². The van der Waals surface area contributed by atoms with E-state index in [1.807, 2.05) is 6.07 Å². The fourth-order valence-corrected chi connectivity index (χ4v) is 2.75. The van der Waals surface area contributed by atoms with E-state index < -0.39 is 28.8 Å². The Kier molecular flexibility index (Phi) is 6.59. The number of benzene rings is 2. The molecular formula is C22H16F3N3O4. The third kappa shape index (κ3) is 5.31. The predicted octanol–water partition coefficient (Wildman–Crippen LogP) is 3.67. The molecule has 0 bridgehead atoms. The first kappa shape index (κ1) is 22.6. The molecule has 1 heterocycles. The number of halogens is 3. The SMILES string of the molecule is Cc1cc(=O)c(C(=O)OCCOc2ccc(C#N)cc2)nn1-c1cccc(C(F)(F)F)c1. The van der Waals surface area contributed by atoms with E-state index in [9.17, 15) is 22.8 Å². The summed E-state index contributed by atoms with van der Waals surface area (Å²) in [6, 6.07) is 13.7. The summed E-state index contributed by atoms with van der Waals surface area (Å²) < 4.78 is 50.5. The molecule has 1 aromatic heterocycles. The Bertz CT molecular complexity index is 1230. The molecule has 0 aliphatic heterocycles. The number of aromatic nitrogens is 2. The van der Waals surface area contributed by atoms with Gasteiger partial charge >= 0.3 is 12.1 Å². The second-order valence-corrected chi connectivity index (χ2v) is 6.58. The molecule has 0 saturated heterocycles. The molecule has 0 spiro atoms. The first-order chi connectivity index (χ1) is 15.2. The van der Waals surface area contributed by atoms with Gasteiger partial charge in [-0.1, -0.05) is 6.07 Å². The molecule has 7 nitrogen and oxygen atoms in total. The normalized spacial score (nSPS) is 11.0. The summed E-state index contributed by atoms with van der Waals surface area (Å²) in [5.41, 5.74) is -1.43. The average Bonchev–Trinajstić information content (AvgIpc) is 2.76. The van der Waals surface area contributed by atoms with Gasteiger partial charge in [0.2, 0.25) is 11.1 Å². The summed E-state index contributed by atoms with van der Waals surface area (Å²) in [5, 5.41) is 12.7. The van der Waals surface area contributed by atoms with Crippen LogP contribution in [0.4, 0.5) is 13.2 Å². The van der Waals surface area contributed by atoms with E-state index in [0.717, 1.165) is 22.9 Å². The Hall–Kier alpha value is -4.13. The number of alkyl halides is 3. The molecule has 0 N–H and O–H groups in total. The highest BCUT2D eigenvalue weighted by Gasteiger charge is 2.30. The molecule has 32 heavy (non-hydrogen) atoms. The van der Waals surface area contributed by atoms with Crippen molar-refractivity contribution >= 4 is 5.97 Å². The van der Waals surface area contributed by atoms with Crippen molar-refractivity contribution in [2.45, 2.75) is 13.1 Å². The smallest absolute Gasteiger partial charge is 0.416 e. The van der Waals surface area contributed by atoms with Crippen molar-refractivity contribution in [1.29, 1.82) is 5.26 Å². The van der Waals surface area contributed by atoms with Crippen molar-refractivity contribution in [2.75, 3.05) is 13.2 Å². The van der Waals surface area contributed by atoms with Crippen molar-refractivity contribution < 1.29 is 27.4 Å². The van der Waals surface area contributed by atoms with Gasteiger partial charge in [-0.2, -0.15) is 23.5 Å². The quantitative estimate of drug-likeness (QED) is 0.426. The first-order valence-electron chi connectivity index (χ1n) is 9.28. The Balaban J connectivity index is 1.72. The van der Waals surface area contributed by atoms with E-state index in [0.29, 0.717) is 11.3 Å². The van der Waals surface area contributed by atoms with E-state index in [4.69, 9.17) is 14.7 Å². The number of rotatable bonds is 6. The third-order valence-corrected chi connectivity index (χ3v) is 4.29. The summed E-state index contributed by atoms with van der Waals surface area (Å²) in [5.74, 6) is -0.570. The zero-order valence-corrected chi connectivity index (χ0v) is 16.7. The summed E-state index contributed by atoms with van der Waals surface area (Å²) in [4.78, 5) is 24.5. The highest BCUT2D eigenvalue weighted by atomic mass is 19.4. The van der Waals surface area contributed by atoms with Crippen molar-refractivity contribution in [3.05, 3.63) is 87.3 Å². The van der Waals surface area contributed by atoms with Crippen LogP contribution in [0.3, 0.4) is 0 Å². The van der Waals surface area contributed by atoms with E-state index in [1.165, 1.54) is 19.1 Å². The third-order valence-electron chi connectivity index (χ3n) is 4.29. The molecule has 0 radical (unpaired) electrons. The molecule has 3 rings (SSSR count). The van der Waals surface area contributed by atoms with Crippen LogP contribution in [-0.4, -0.2) is 29.0 Å². The zero-order chi connectivity index (χ0) is 23.3. The maximum Gasteiger partial charge on any atom is 0.416 e. The molecule has 3 aromatic rings. The first-order valence-corrected chi connectivity index (χ1v) is 9.28. The van der Waals surface area contributed by atoms with E-state index in [-0.39, 0.29) is 24.6 Å². The Morgan fingerprint density at radius 1 is 1.12 bits per heavy atom. The molecule has 164 valence electrons. The van der Waals surface area contributed by atoms with Gasteiger partial charge in [-0.05, 0) is 49.4 Å². The summed E-state index contributed by atoms with van der Waals surface area (Å²) in [6.45, 7) is 1.26. The van der Waals surface area contributed by atoms with Crippen LogP contribution >= 0.6 is 0 Å². The lowest BCUT2D eigenvalue weighted by Crippen LogP contribution is -2.25. The average molecular weight is 443 g/mol. The summed E-state index contributed by atoms with van der Waals surface area (Å²) in [6.07, 6.45) is -4.56. The van der Waals surface area contributed by atoms with E-state index in [2.05, 4.69) is 5.10 Å². The van der Waals surface area contributed by atoms with Gasteiger partial charge in [-0.15, -0.1) is 0 Å². The molecular weight excluding hydrogens is 427 g/mol. The van der Waals surface area contributed by atoms with Crippen molar-refractivity contribution in [3.8, 4) is 17.5 Å². The Morgan fingerprint density at radius 3 is 2.50 bits per heavy atom. The van der Waals surface area contributed by atoms with Crippen molar-refractivity contribution in [2.24, 2.45) is 0 Å². The lowest BCUT2D eigenvalue weighted by Gasteiger charge is -2.13. The van der Waals surface area contributed by atoms with Gasteiger partial charge in [0.15, 0.2) is 0 Å². The van der Waals surface area contributed by atoms with E-state index in [1.54, 1.807) is 24.3 Å². The molecule has 0 atom stereocenters. The number of carbonyl (C=O) groups is 1. The summed E-state index contributed by atoms with van der Waals surface area (Å²) in [7, 11) is 0. The number of hydrogen-bond acceptors (Lipinski definition) is 6. The molecule has 0 aliphatic rings. The van der Waals surface area contributed by atoms with Crippen molar-refractivity contribution in [3.63, 3.8) is 0 Å². The maximum absolute atomic E-state index is 13.0. The fourth-order valence-electron chi connectivity index (χ4n) is 2.75. The highest BCUT2D eigenvalue weighted by molar-refractivity contribution is 5.86. The molecule has 0 saturated carbocycles. The topological polar surface area (TPSA) is 94.2 Å². The molecule has 0 amide bonds. The van der Waals surface area contributed by atoms with Gasteiger partial charge < -0.3 is 9.47 Å². The zero-order valence-electron chi connectivity index (χ0n) is 16.7. The van der Waals surface area contributed by atoms with Crippen LogP contribution in [0.25, 0.3) is 5.69 Å². The van der Waals surface area contributed by atoms with Crippen LogP contribution in [-0.2, 0) is 10.9 Å². The van der Waals surface area contributed by atoms with Gasteiger partial charge in [0.1, 0.15) is 19.0 Å². The number of carbonyl (C=O) groups excluding carboxylic acids is 1. The number of nitriles is 1. The molecule has 10 heteroatoms. The second kappa shape index (κ2) is 9.34. The van der Waals surface area contributed by atoms with Gasteiger partial charge in [-0.3, -0.25) is 4.79 Å². The van der Waals surface area contributed by atoms with Gasteiger partial charge in [0.05, 0.1) is 22.9 Å². The lowest BCUT2D eigenvalue weighted by molar-refractivity contribution is -0.137. The van der Waals surface area contributed by atoms with Crippen molar-refractivity contribution in [1.82, 2.24) is 9.78 Å². The standard InChI is InChI=1S/C22H16F3N3O4/c1-14-11-19(29)20(27-28(14)17-4-2-3-16(12-17)22(23,24)25)21(30)32-10-9-31-18-7-5-15(13-26)6-8-18/h2-8,11-12H,9-10H2,1H3. The van der Waals surface area contributed by atoms with Crippen LogP contribution in [0.2, 0.25) is 0 Å². The fraction of sp³-hybridized carbons (Fsp3) is 0.182. The second-order valence-electron chi connectivity index (χ2n) is 6.58. The highest BCUT2D eigenvalue weighted by Crippen LogP contribution is 2.30. The monoisotopic (exact) mass is 443 g/mol. The number of ether oxygens (including phenoxy) is 2. The Morgan fingerprint density at radius 2 is 1.84 bits per heavy atom. The molecule has 2 aromatic carbocycles. The number of esters is 1. The number of aryl methyl sites for hydroxylation is 1. The van der Waals surface area contributed by atoms with Crippen LogP contribution in [0.1, 0.15) is 27.3 Å². The summed E-state index contributed by atoms with van der Waals surface area (Å²) >= 11 is 0. The van der Waals surface area contributed by atoms with Crippen LogP contribution in [0, 0.1) is 18.3 Å². The molecule has 0 fully saturated rings. The van der Waals surface area contributed by atoms with Crippen LogP contribution in [0.5, 0.6) is 5.75 Å². The van der Waals surface area contributed by atoms with E-state index >= 15 is 0 Å².